The van der Waals surface area contributed by atoms with Crippen molar-refractivity contribution in [2.75, 3.05) is 6.79 Å². The summed E-state index contributed by atoms with van der Waals surface area (Å²) in [6, 6.07) is 2.07. The molecule has 1 aliphatic carbocycles. The Kier molecular flexibility index (Phi) is 2.60. The van der Waals surface area contributed by atoms with Gasteiger partial charge in [-0.3, -0.25) is 0 Å². The third-order valence-electron chi connectivity index (χ3n) is 3.84. The van der Waals surface area contributed by atoms with Gasteiger partial charge in [-0.15, -0.1) is 0 Å². The minimum absolute atomic E-state index is 0.158. The third kappa shape index (κ3) is 1.58. The SMILES string of the molecule is CCc1c(C2(N)CCC2)cc2c(c1Br)OCO2. The van der Waals surface area contributed by atoms with Crippen molar-refractivity contribution >= 4 is 15.9 Å². The standard InChI is InChI=1S/C13H16BrNO2/c1-2-8-9(13(15)4-3-5-13)6-10-12(11(8)14)17-7-16-10/h6H,2-5,7,15H2,1H3. The van der Waals surface area contributed by atoms with Gasteiger partial charge in [0, 0.05) is 5.54 Å². The lowest BCUT2D eigenvalue weighted by molar-refractivity contribution is 0.173. The second kappa shape index (κ2) is 3.89. The van der Waals surface area contributed by atoms with Gasteiger partial charge >= 0.3 is 0 Å². The molecule has 1 heterocycles. The van der Waals surface area contributed by atoms with Crippen LogP contribution >= 0.6 is 15.9 Å². The Bertz CT molecular complexity index is 469. The van der Waals surface area contributed by atoms with E-state index in [1.54, 1.807) is 0 Å². The Morgan fingerprint density at radius 1 is 1.41 bits per heavy atom. The molecule has 0 radical (unpaired) electrons. The monoisotopic (exact) mass is 297 g/mol. The van der Waals surface area contributed by atoms with Crippen molar-refractivity contribution in [3.05, 3.63) is 21.7 Å². The zero-order chi connectivity index (χ0) is 12.0. The number of ether oxygens (including phenoxy) is 2. The maximum Gasteiger partial charge on any atom is 0.231 e. The highest BCUT2D eigenvalue weighted by Gasteiger charge is 2.38. The largest absolute Gasteiger partial charge is 0.454 e. The van der Waals surface area contributed by atoms with Crippen LogP contribution in [0.25, 0.3) is 0 Å². The van der Waals surface area contributed by atoms with E-state index in [0.29, 0.717) is 6.79 Å². The Balaban J connectivity index is 2.17. The van der Waals surface area contributed by atoms with Crippen LogP contribution in [-0.2, 0) is 12.0 Å². The van der Waals surface area contributed by atoms with Gasteiger partial charge in [0.25, 0.3) is 0 Å². The van der Waals surface area contributed by atoms with Crippen LogP contribution in [0.15, 0.2) is 10.5 Å². The topological polar surface area (TPSA) is 44.5 Å². The molecular weight excluding hydrogens is 282 g/mol. The molecule has 1 fully saturated rings. The molecule has 0 spiro atoms. The number of nitrogens with two attached hydrogens (primary N) is 1. The molecule has 1 aromatic rings. The van der Waals surface area contributed by atoms with E-state index in [0.717, 1.165) is 35.2 Å². The number of rotatable bonds is 2. The van der Waals surface area contributed by atoms with Gasteiger partial charge in [-0.25, -0.2) is 0 Å². The molecule has 0 amide bonds. The summed E-state index contributed by atoms with van der Waals surface area (Å²) in [5.74, 6) is 1.65. The van der Waals surface area contributed by atoms with Crippen LogP contribution in [0.1, 0.15) is 37.3 Å². The fourth-order valence-corrected chi connectivity index (χ4v) is 3.46. The minimum atomic E-state index is -0.158. The molecule has 1 aliphatic heterocycles. The van der Waals surface area contributed by atoms with Gasteiger partial charge in [0.05, 0.1) is 4.47 Å². The average Bonchev–Trinajstić information content (AvgIpc) is 2.74. The smallest absolute Gasteiger partial charge is 0.231 e. The molecule has 3 rings (SSSR count). The van der Waals surface area contributed by atoms with E-state index in [4.69, 9.17) is 15.2 Å². The summed E-state index contributed by atoms with van der Waals surface area (Å²) in [5.41, 5.74) is 8.77. The van der Waals surface area contributed by atoms with Crippen LogP contribution < -0.4 is 15.2 Å². The zero-order valence-electron chi connectivity index (χ0n) is 9.88. The quantitative estimate of drug-likeness (QED) is 0.912. The van der Waals surface area contributed by atoms with Gasteiger partial charge in [-0.05, 0) is 58.8 Å². The lowest BCUT2D eigenvalue weighted by atomic mass is 9.71. The van der Waals surface area contributed by atoms with Gasteiger partial charge in [0.2, 0.25) is 6.79 Å². The summed E-state index contributed by atoms with van der Waals surface area (Å²) in [6.07, 6.45) is 4.29. The van der Waals surface area contributed by atoms with E-state index in [-0.39, 0.29) is 5.54 Å². The van der Waals surface area contributed by atoms with Crippen LogP contribution in [0.5, 0.6) is 11.5 Å². The first-order valence-corrected chi connectivity index (χ1v) is 6.85. The van der Waals surface area contributed by atoms with E-state index in [1.165, 1.54) is 17.5 Å². The highest BCUT2D eigenvalue weighted by Crippen LogP contribution is 2.49. The molecule has 17 heavy (non-hydrogen) atoms. The van der Waals surface area contributed by atoms with Crippen molar-refractivity contribution in [3.8, 4) is 11.5 Å². The van der Waals surface area contributed by atoms with Crippen LogP contribution in [0.4, 0.5) is 0 Å². The summed E-state index contributed by atoms with van der Waals surface area (Å²) in [6.45, 7) is 2.45. The fraction of sp³-hybridized carbons (Fsp3) is 0.538. The van der Waals surface area contributed by atoms with Crippen LogP contribution in [0.3, 0.4) is 0 Å². The number of hydrogen-bond acceptors (Lipinski definition) is 3. The van der Waals surface area contributed by atoms with E-state index >= 15 is 0 Å². The molecule has 2 aliphatic rings. The Hall–Kier alpha value is -0.740. The molecular formula is C13H16BrNO2. The summed E-state index contributed by atoms with van der Waals surface area (Å²) in [4.78, 5) is 0. The molecule has 0 atom stereocenters. The predicted molar refractivity (Wildman–Crippen MR) is 69.4 cm³/mol. The summed E-state index contributed by atoms with van der Waals surface area (Å²) >= 11 is 3.63. The molecule has 1 saturated carbocycles. The Morgan fingerprint density at radius 2 is 2.18 bits per heavy atom. The van der Waals surface area contributed by atoms with Crippen molar-refractivity contribution in [2.24, 2.45) is 5.73 Å². The summed E-state index contributed by atoms with van der Waals surface area (Å²) < 4.78 is 12.0. The summed E-state index contributed by atoms with van der Waals surface area (Å²) in [7, 11) is 0. The first-order chi connectivity index (χ1) is 8.15. The maximum atomic E-state index is 6.45. The van der Waals surface area contributed by atoms with E-state index < -0.39 is 0 Å². The predicted octanol–water partition coefficient (Wildman–Crippen LogP) is 3.08. The molecule has 0 unspecified atom stereocenters. The lowest BCUT2D eigenvalue weighted by Gasteiger charge is -2.40. The molecule has 4 heteroatoms. The van der Waals surface area contributed by atoms with Crippen molar-refractivity contribution < 1.29 is 9.47 Å². The fourth-order valence-electron chi connectivity index (χ4n) is 2.66. The normalized spacial score (nSPS) is 20.2. The number of fused-ring (bicyclic) bond motifs is 1. The van der Waals surface area contributed by atoms with Gasteiger partial charge < -0.3 is 15.2 Å². The van der Waals surface area contributed by atoms with Crippen LogP contribution in [0, 0.1) is 0 Å². The zero-order valence-corrected chi connectivity index (χ0v) is 11.5. The molecule has 3 nitrogen and oxygen atoms in total. The number of hydrogen-bond donors (Lipinski definition) is 1. The first-order valence-electron chi connectivity index (χ1n) is 6.06. The van der Waals surface area contributed by atoms with Gasteiger partial charge in [0.15, 0.2) is 11.5 Å². The minimum Gasteiger partial charge on any atom is -0.454 e. The maximum absolute atomic E-state index is 6.45. The number of benzene rings is 1. The molecule has 92 valence electrons. The van der Waals surface area contributed by atoms with Gasteiger partial charge in [-0.2, -0.15) is 0 Å². The third-order valence-corrected chi connectivity index (χ3v) is 4.68. The average molecular weight is 298 g/mol. The molecule has 2 N–H and O–H groups in total. The van der Waals surface area contributed by atoms with Crippen molar-refractivity contribution in [3.63, 3.8) is 0 Å². The van der Waals surface area contributed by atoms with Crippen LogP contribution in [-0.4, -0.2) is 6.79 Å². The Morgan fingerprint density at radius 3 is 2.76 bits per heavy atom. The van der Waals surface area contributed by atoms with E-state index in [1.807, 2.05) is 0 Å². The molecule has 0 saturated heterocycles. The Labute approximate surface area is 109 Å². The highest BCUT2D eigenvalue weighted by molar-refractivity contribution is 9.10. The number of halogens is 1. The first kappa shape index (κ1) is 11.4. The molecule has 0 aromatic heterocycles. The summed E-state index contributed by atoms with van der Waals surface area (Å²) in [5, 5.41) is 0. The molecule has 1 aromatic carbocycles. The second-order valence-electron chi connectivity index (χ2n) is 4.81. The second-order valence-corrected chi connectivity index (χ2v) is 5.61. The van der Waals surface area contributed by atoms with Crippen molar-refractivity contribution in [1.29, 1.82) is 0 Å². The lowest BCUT2D eigenvalue weighted by Crippen LogP contribution is -2.44. The van der Waals surface area contributed by atoms with Gasteiger partial charge in [0.1, 0.15) is 0 Å². The van der Waals surface area contributed by atoms with Crippen molar-refractivity contribution in [2.45, 2.75) is 38.1 Å². The van der Waals surface area contributed by atoms with Gasteiger partial charge in [-0.1, -0.05) is 6.92 Å². The van der Waals surface area contributed by atoms with Crippen molar-refractivity contribution in [1.82, 2.24) is 0 Å². The van der Waals surface area contributed by atoms with E-state index in [2.05, 4.69) is 28.9 Å². The van der Waals surface area contributed by atoms with E-state index in [9.17, 15) is 0 Å². The van der Waals surface area contributed by atoms with Crippen LogP contribution in [0.2, 0.25) is 0 Å². The highest BCUT2D eigenvalue weighted by atomic mass is 79.9. The molecule has 0 bridgehead atoms.